The van der Waals surface area contributed by atoms with Crippen molar-refractivity contribution in [2.45, 2.75) is 155 Å². The van der Waals surface area contributed by atoms with E-state index in [9.17, 15) is 2.74 Å². The van der Waals surface area contributed by atoms with Gasteiger partial charge in [0, 0.05) is 33.3 Å². The van der Waals surface area contributed by atoms with Crippen LogP contribution in [0.2, 0.25) is 0 Å². The molecule has 10 rings (SSSR count). The van der Waals surface area contributed by atoms with Gasteiger partial charge in [0.25, 0.3) is 6.71 Å². The van der Waals surface area contributed by atoms with Crippen molar-refractivity contribution in [2.24, 2.45) is 0 Å². The average molecular weight is 840 g/mol. The van der Waals surface area contributed by atoms with Crippen LogP contribution < -0.4 is 26.2 Å². The smallest absolute Gasteiger partial charge is 0.253 e. The van der Waals surface area contributed by atoms with E-state index >= 15 is 0 Å². The van der Waals surface area contributed by atoms with Crippen LogP contribution in [0.25, 0.3) is 11.1 Å². The fraction of sp³-hybridized carbons (Fsp3) is 0.414. The van der Waals surface area contributed by atoms with Gasteiger partial charge in [-0.05, 0) is 156 Å². The van der Waals surface area contributed by atoms with Crippen LogP contribution in [0.3, 0.4) is 0 Å². The SMILES string of the molecule is [2H]c1c([2H])c([2H])c(-c2cc3c4c(c2)N(c2ccc5c(c2)C(C)(C)CCC5(C)C)c2sc5c(c2B4c2ccc(C(C)(C)C)cc2N3c2cccc(C(C)(C)C)c2)C(C)(C)CCC5(C)C)c([2H])c1[2H]. The Morgan fingerprint density at radius 3 is 1.82 bits per heavy atom. The Hall–Kier alpha value is -4.54. The molecule has 0 atom stereocenters. The first-order valence-electron chi connectivity index (χ1n) is 25.5. The van der Waals surface area contributed by atoms with Crippen LogP contribution >= 0.6 is 11.3 Å². The molecule has 318 valence electrons. The van der Waals surface area contributed by atoms with E-state index in [2.05, 4.69) is 180 Å². The van der Waals surface area contributed by atoms with Crippen LogP contribution in [-0.2, 0) is 32.5 Å². The molecule has 0 spiro atoms. The highest BCUT2D eigenvalue weighted by Gasteiger charge is 2.51. The largest absolute Gasteiger partial charge is 0.311 e. The van der Waals surface area contributed by atoms with Crippen molar-refractivity contribution >= 4 is 67.9 Å². The molecule has 62 heavy (non-hydrogen) atoms. The van der Waals surface area contributed by atoms with Crippen molar-refractivity contribution < 1.29 is 6.85 Å². The van der Waals surface area contributed by atoms with Gasteiger partial charge >= 0.3 is 0 Å². The molecule has 2 nitrogen and oxygen atoms in total. The lowest BCUT2D eigenvalue weighted by Crippen LogP contribution is -2.62. The minimum Gasteiger partial charge on any atom is -0.311 e. The van der Waals surface area contributed by atoms with Crippen molar-refractivity contribution in [2.75, 3.05) is 9.80 Å². The normalized spacial score (nSPS) is 20.1. The highest BCUT2D eigenvalue weighted by Crippen LogP contribution is 2.56. The lowest BCUT2D eigenvalue weighted by molar-refractivity contribution is 0.332. The standard InChI is InChI=1S/C58H67BN2S/c1-53(2,3)38-21-18-22-40(33-38)60-45-34-39(54(4,5)6)23-26-44(45)59-49-46(60)31-37(36-19-16-15-17-20-36)32-47(49)61(41-24-25-42-43(35-41)56(9,10)28-27-55(42,7)8)52-50(59)48-51(62-52)58(13,14)30-29-57(48,11)12/h15-26,31-35H,27-30H2,1-14H3/i15D,16D,17D,19D,20D. The van der Waals surface area contributed by atoms with Gasteiger partial charge in [-0.2, -0.15) is 0 Å². The Morgan fingerprint density at radius 2 is 1.15 bits per heavy atom. The molecule has 0 radical (unpaired) electrons. The van der Waals surface area contributed by atoms with E-state index in [-0.39, 0.29) is 75.0 Å². The lowest BCUT2D eigenvalue weighted by atomic mass is 9.32. The minimum absolute atomic E-state index is 0.0339. The van der Waals surface area contributed by atoms with Crippen molar-refractivity contribution in [3.8, 4) is 11.1 Å². The summed E-state index contributed by atoms with van der Waals surface area (Å²) in [5.74, 6) is 0. The Kier molecular flexibility index (Phi) is 7.81. The zero-order valence-corrected chi connectivity index (χ0v) is 40.5. The third kappa shape index (κ3) is 6.31. The molecule has 0 saturated heterocycles. The molecule has 0 N–H and O–H groups in total. The molecule has 1 aromatic heterocycles. The summed E-state index contributed by atoms with van der Waals surface area (Å²) in [6, 6.07) is 26.1. The van der Waals surface area contributed by atoms with Crippen molar-refractivity contribution in [3.63, 3.8) is 0 Å². The molecule has 0 fully saturated rings. The summed E-state index contributed by atoms with van der Waals surface area (Å²) in [6.45, 7) is 32.8. The average Bonchev–Trinajstić information content (AvgIpc) is 3.68. The molecule has 0 amide bonds. The second-order valence-corrected chi connectivity index (χ2v) is 24.6. The van der Waals surface area contributed by atoms with Gasteiger partial charge in [0.1, 0.15) is 0 Å². The second-order valence-electron chi connectivity index (χ2n) is 23.6. The highest BCUT2D eigenvalue weighted by molar-refractivity contribution is 7.20. The number of hydrogen-bond acceptors (Lipinski definition) is 3. The second kappa shape index (κ2) is 13.5. The number of thiophene rings is 1. The van der Waals surface area contributed by atoms with E-state index < -0.39 is 0 Å². The van der Waals surface area contributed by atoms with Crippen molar-refractivity contribution in [1.82, 2.24) is 0 Å². The number of rotatable bonds is 3. The van der Waals surface area contributed by atoms with Gasteiger partial charge in [-0.1, -0.05) is 157 Å². The first-order chi connectivity index (χ1) is 31.0. The van der Waals surface area contributed by atoms with Crippen molar-refractivity contribution in [1.29, 1.82) is 0 Å². The Bertz CT molecular complexity index is 3060. The fourth-order valence-corrected chi connectivity index (χ4v) is 12.9. The van der Waals surface area contributed by atoms with E-state index in [1.807, 2.05) is 11.3 Å². The zero-order valence-electron chi connectivity index (χ0n) is 44.6. The van der Waals surface area contributed by atoms with Gasteiger partial charge in [-0.3, -0.25) is 0 Å². The monoisotopic (exact) mass is 840 g/mol. The van der Waals surface area contributed by atoms with Gasteiger partial charge in [-0.25, -0.2) is 0 Å². The molecule has 0 saturated carbocycles. The highest BCUT2D eigenvalue weighted by atomic mass is 32.1. The van der Waals surface area contributed by atoms with Gasteiger partial charge < -0.3 is 9.80 Å². The summed E-state index contributed by atoms with van der Waals surface area (Å²) in [4.78, 5) is 6.41. The zero-order chi connectivity index (χ0) is 48.5. The molecule has 4 aliphatic rings. The molecular formula is C58H67BN2S. The van der Waals surface area contributed by atoms with Crippen LogP contribution in [-0.4, -0.2) is 6.71 Å². The summed E-state index contributed by atoms with van der Waals surface area (Å²) in [6.07, 6.45) is 4.40. The summed E-state index contributed by atoms with van der Waals surface area (Å²) in [7, 11) is 0. The maximum absolute atomic E-state index is 9.41. The first-order valence-corrected chi connectivity index (χ1v) is 23.8. The number of anilines is 6. The maximum atomic E-state index is 9.41. The van der Waals surface area contributed by atoms with Gasteiger partial charge in [-0.15, -0.1) is 11.3 Å². The number of fused-ring (bicyclic) bond motifs is 7. The quantitative estimate of drug-likeness (QED) is 0.164. The van der Waals surface area contributed by atoms with Crippen LogP contribution in [0.1, 0.15) is 162 Å². The summed E-state index contributed by atoms with van der Waals surface area (Å²) in [5.41, 5.74) is 16.2. The molecular weight excluding hydrogens is 768 g/mol. The van der Waals surface area contributed by atoms with Crippen molar-refractivity contribution in [3.05, 3.63) is 136 Å². The third-order valence-corrected chi connectivity index (χ3v) is 16.8. The summed E-state index contributed by atoms with van der Waals surface area (Å²) >= 11 is 1.95. The van der Waals surface area contributed by atoms with E-state index in [1.165, 1.54) is 54.1 Å². The van der Waals surface area contributed by atoms with Crippen LogP contribution in [0.5, 0.6) is 0 Å². The van der Waals surface area contributed by atoms with Crippen LogP contribution in [0, 0.1) is 0 Å². The molecule has 6 aromatic rings. The molecule has 2 aliphatic carbocycles. The Morgan fingerprint density at radius 1 is 0.548 bits per heavy atom. The molecule has 5 aromatic carbocycles. The van der Waals surface area contributed by atoms with Crippen LogP contribution in [0.4, 0.5) is 33.4 Å². The van der Waals surface area contributed by atoms with Gasteiger partial charge in [0.15, 0.2) is 0 Å². The molecule has 2 aliphatic heterocycles. The van der Waals surface area contributed by atoms with E-state index in [0.717, 1.165) is 54.1 Å². The predicted molar refractivity (Wildman–Crippen MR) is 272 cm³/mol. The molecule has 4 heteroatoms. The number of hydrogen-bond donors (Lipinski definition) is 0. The minimum atomic E-state index is -0.386. The number of benzene rings is 5. The summed E-state index contributed by atoms with van der Waals surface area (Å²) < 4.78 is 45.2. The third-order valence-electron chi connectivity index (χ3n) is 15.3. The molecule has 0 bridgehead atoms. The van der Waals surface area contributed by atoms with E-state index in [4.69, 9.17) is 4.11 Å². The Labute approximate surface area is 384 Å². The van der Waals surface area contributed by atoms with Gasteiger partial charge in [0.05, 0.1) is 11.9 Å². The fourth-order valence-electron chi connectivity index (χ4n) is 11.2. The van der Waals surface area contributed by atoms with E-state index in [0.29, 0.717) is 5.56 Å². The molecule has 0 unspecified atom stereocenters. The summed E-state index contributed by atoms with van der Waals surface area (Å²) in [5, 5.41) is 1.22. The first kappa shape index (κ1) is 35.9. The molecule has 3 heterocycles. The van der Waals surface area contributed by atoms with Crippen LogP contribution in [0.15, 0.2) is 103 Å². The number of nitrogens with zero attached hydrogens (tertiary/aromatic N) is 2. The lowest BCUT2D eigenvalue weighted by Gasteiger charge is -2.46. The predicted octanol–water partition coefficient (Wildman–Crippen LogP) is 14.8. The topological polar surface area (TPSA) is 6.48 Å². The van der Waals surface area contributed by atoms with Gasteiger partial charge in [0.2, 0.25) is 0 Å². The van der Waals surface area contributed by atoms with E-state index in [1.54, 1.807) is 0 Å². The maximum Gasteiger partial charge on any atom is 0.253 e. The Balaban J connectivity index is 1.41.